The molecule has 0 unspecified atom stereocenters. The molecule has 0 N–H and O–H groups in total. The zero-order valence-corrected chi connectivity index (χ0v) is 9.53. The second-order valence-corrected chi connectivity index (χ2v) is 4.57. The van der Waals surface area contributed by atoms with Crippen molar-refractivity contribution in [3.05, 3.63) is 35.4 Å². The van der Waals surface area contributed by atoms with Crippen LogP contribution in [0.3, 0.4) is 0 Å². The molecule has 15 heavy (non-hydrogen) atoms. The Labute approximate surface area is 90.9 Å². The predicted molar refractivity (Wildman–Crippen MR) is 60.6 cm³/mol. The van der Waals surface area contributed by atoms with Crippen LogP contribution < -0.4 is 0 Å². The highest BCUT2D eigenvalue weighted by molar-refractivity contribution is 5.98. The molecule has 1 aromatic carbocycles. The van der Waals surface area contributed by atoms with Gasteiger partial charge in [-0.15, -0.1) is 0 Å². The third kappa shape index (κ3) is 1.65. The van der Waals surface area contributed by atoms with Crippen molar-refractivity contribution in [1.29, 1.82) is 0 Å². The van der Waals surface area contributed by atoms with Gasteiger partial charge in [0, 0.05) is 18.2 Å². The van der Waals surface area contributed by atoms with Gasteiger partial charge < -0.3 is 4.90 Å². The summed E-state index contributed by atoms with van der Waals surface area (Å²) in [7, 11) is 0. The van der Waals surface area contributed by atoms with Crippen LogP contribution in [0.1, 0.15) is 36.7 Å². The van der Waals surface area contributed by atoms with Crippen molar-refractivity contribution in [2.45, 2.75) is 33.4 Å². The highest BCUT2D eigenvalue weighted by atomic mass is 16.2. The van der Waals surface area contributed by atoms with Crippen LogP contribution >= 0.6 is 0 Å². The van der Waals surface area contributed by atoms with Crippen LogP contribution in [-0.2, 0) is 6.54 Å². The lowest BCUT2D eigenvalue weighted by Crippen LogP contribution is -2.36. The number of rotatable bonds is 2. The molecule has 2 heteroatoms. The normalized spacial score (nSPS) is 17.1. The van der Waals surface area contributed by atoms with Crippen LogP contribution in [0.4, 0.5) is 0 Å². The molecule has 0 aliphatic carbocycles. The number of hydrogen-bond donors (Lipinski definition) is 0. The fourth-order valence-corrected chi connectivity index (χ4v) is 1.97. The quantitative estimate of drug-likeness (QED) is 0.723. The first-order chi connectivity index (χ1) is 7.11. The van der Waals surface area contributed by atoms with E-state index in [2.05, 4.69) is 20.8 Å². The predicted octanol–water partition coefficient (Wildman–Crippen LogP) is 2.69. The number of amides is 1. The topological polar surface area (TPSA) is 20.3 Å². The highest BCUT2D eigenvalue weighted by Crippen LogP contribution is 2.26. The monoisotopic (exact) mass is 203 g/mol. The molecule has 1 amide bonds. The number of benzene rings is 1. The fourth-order valence-electron chi connectivity index (χ4n) is 1.97. The maximum absolute atomic E-state index is 12.1. The highest BCUT2D eigenvalue weighted by Gasteiger charge is 2.31. The van der Waals surface area contributed by atoms with E-state index >= 15 is 0 Å². The molecule has 1 aliphatic rings. The molecule has 0 aromatic heterocycles. The Kier molecular flexibility index (Phi) is 2.51. The molecule has 1 aromatic rings. The van der Waals surface area contributed by atoms with E-state index in [9.17, 15) is 4.79 Å². The molecule has 2 nitrogen and oxygen atoms in total. The van der Waals surface area contributed by atoms with Crippen LogP contribution in [0.5, 0.6) is 0 Å². The smallest absolute Gasteiger partial charge is 0.254 e. The molecule has 0 saturated carbocycles. The van der Waals surface area contributed by atoms with Gasteiger partial charge in [0.25, 0.3) is 5.91 Å². The minimum Gasteiger partial charge on any atom is -0.331 e. The van der Waals surface area contributed by atoms with Crippen molar-refractivity contribution in [2.75, 3.05) is 0 Å². The minimum absolute atomic E-state index is 0.187. The molecule has 1 atom stereocenters. The van der Waals surface area contributed by atoms with E-state index in [4.69, 9.17) is 0 Å². The van der Waals surface area contributed by atoms with E-state index in [1.54, 1.807) is 0 Å². The average Bonchev–Trinajstić information content (AvgIpc) is 2.56. The first-order valence-corrected chi connectivity index (χ1v) is 5.50. The van der Waals surface area contributed by atoms with Crippen LogP contribution in [0.15, 0.2) is 24.3 Å². The van der Waals surface area contributed by atoms with E-state index < -0.39 is 0 Å². The van der Waals surface area contributed by atoms with Gasteiger partial charge in [-0.05, 0) is 24.5 Å². The van der Waals surface area contributed by atoms with E-state index in [-0.39, 0.29) is 5.91 Å². The molecule has 80 valence electrons. The summed E-state index contributed by atoms with van der Waals surface area (Å²) in [6, 6.07) is 8.20. The number of carbonyl (C=O) groups excluding carboxylic acids is 1. The van der Waals surface area contributed by atoms with Crippen molar-refractivity contribution in [2.24, 2.45) is 5.92 Å². The first-order valence-electron chi connectivity index (χ1n) is 5.50. The van der Waals surface area contributed by atoms with Crippen molar-refractivity contribution in [3.63, 3.8) is 0 Å². The lowest BCUT2D eigenvalue weighted by Gasteiger charge is -2.27. The molecule has 0 fully saturated rings. The zero-order valence-electron chi connectivity index (χ0n) is 9.53. The molecule has 2 rings (SSSR count). The number of nitrogens with zero attached hydrogens (tertiary/aromatic N) is 1. The van der Waals surface area contributed by atoms with E-state index in [1.165, 1.54) is 0 Å². The summed E-state index contributed by atoms with van der Waals surface area (Å²) in [5, 5.41) is 0. The number of fused-ring (bicyclic) bond motifs is 1. The lowest BCUT2D eigenvalue weighted by atomic mass is 10.1. The van der Waals surface area contributed by atoms with Crippen LogP contribution in [0.2, 0.25) is 0 Å². The van der Waals surface area contributed by atoms with Crippen LogP contribution in [0.25, 0.3) is 0 Å². The van der Waals surface area contributed by atoms with E-state index in [0.29, 0.717) is 12.0 Å². The Morgan fingerprint density at radius 3 is 2.47 bits per heavy atom. The molecule has 0 bridgehead atoms. The van der Waals surface area contributed by atoms with Gasteiger partial charge in [0.1, 0.15) is 0 Å². The molecular formula is C13H17NO. The second kappa shape index (κ2) is 3.69. The van der Waals surface area contributed by atoms with Gasteiger partial charge in [-0.1, -0.05) is 32.0 Å². The summed E-state index contributed by atoms with van der Waals surface area (Å²) in [4.78, 5) is 14.0. The minimum atomic E-state index is 0.187. The van der Waals surface area contributed by atoms with Crippen molar-refractivity contribution in [1.82, 2.24) is 4.90 Å². The van der Waals surface area contributed by atoms with Crippen molar-refractivity contribution >= 4 is 5.91 Å². The lowest BCUT2D eigenvalue weighted by molar-refractivity contribution is 0.0673. The number of carbonyl (C=O) groups is 1. The van der Waals surface area contributed by atoms with Crippen molar-refractivity contribution in [3.8, 4) is 0 Å². The molecule has 1 aliphatic heterocycles. The summed E-state index contributed by atoms with van der Waals surface area (Å²) in [5.41, 5.74) is 2.04. The van der Waals surface area contributed by atoms with Crippen LogP contribution in [0, 0.1) is 5.92 Å². The van der Waals surface area contributed by atoms with Gasteiger partial charge >= 0.3 is 0 Å². The van der Waals surface area contributed by atoms with Gasteiger partial charge in [0.05, 0.1) is 0 Å². The Morgan fingerprint density at radius 2 is 1.87 bits per heavy atom. The maximum atomic E-state index is 12.1. The van der Waals surface area contributed by atoms with Gasteiger partial charge in [0.2, 0.25) is 0 Å². The Hall–Kier alpha value is -1.31. The summed E-state index contributed by atoms with van der Waals surface area (Å²) in [6.07, 6.45) is 0. The SMILES string of the molecule is CC(C)[C@@H](C)N1Cc2ccccc2C1=O. The fraction of sp³-hybridized carbons (Fsp3) is 0.462. The van der Waals surface area contributed by atoms with Crippen LogP contribution in [-0.4, -0.2) is 16.8 Å². The van der Waals surface area contributed by atoms with Gasteiger partial charge in [-0.25, -0.2) is 0 Å². The number of hydrogen-bond acceptors (Lipinski definition) is 1. The summed E-state index contributed by atoms with van der Waals surface area (Å²) in [6.45, 7) is 7.20. The van der Waals surface area contributed by atoms with E-state index in [0.717, 1.165) is 17.7 Å². The second-order valence-electron chi connectivity index (χ2n) is 4.57. The zero-order chi connectivity index (χ0) is 11.0. The third-order valence-electron chi connectivity index (χ3n) is 3.31. The van der Waals surface area contributed by atoms with Crippen molar-refractivity contribution < 1.29 is 4.79 Å². The Balaban J connectivity index is 2.27. The van der Waals surface area contributed by atoms with E-state index in [1.807, 2.05) is 29.2 Å². The Morgan fingerprint density at radius 1 is 1.20 bits per heavy atom. The molecular weight excluding hydrogens is 186 g/mol. The third-order valence-corrected chi connectivity index (χ3v) is 3.31. The van der Waals surface area contributed by atoms with Gasteiger partial charge in [-0.3, -0.25) is 4.79 Å². The molecule has 0 radical (unpaired) electrons. The summed E-state index contributed by atoms with van der Waals surface area (Å²) < 4.78 is 0. The first kappa shape index (κ1) is 10.2. The largest absolute Gasteiger partial charge is 0.331 e. The Bertz CT molecular complexity index is 384. The molecule has 0 saturated heterocycles. The summed E-state index contributed by atoms with van der Waals surface area (Å²) >= 11 is 0. The van der Waals surface area contributed by atoms with Gasteiger partial charge in [0.15, 0.2) is 0 Å². The maximum Gasteiger partial charge on any atom is 0.254 e. The average molecular weight is 203 g/mol. The molecule has 0 spiro atoms. The summed E-state index contributed by atoms with van der Waals surface area (Å²) in [5.74, 6) is 0.690. The standard InChI is InChI=1S/C13H17NO/c1-9(2)10(3)14-8-11-6-4-5-7-12(11)13(14)15/h4-7,9-10H,8H2,1-3H3/t10-/m1/s1. The van der Waals surface area contributed by atoms with Gasteiger partial charge in [-0.2, -0.15) is 0 Å². The molecule has 1 heterocycles.